The summed E-state index contributed by atoms with van der Waals surface area (Å²) in [4.78, 5) is 14.8. The van der Waals surface area contributed by atoms with Gasteiger partial charge < -0.3 is 4.90 Å². The SMILES string of the molecule is O=C(c1ccc2n[nH]nc2c1)N1CCC(S(=O)(=O)c2ccccc2)CC1. The Bertz CT molecular complexity index is 1040. The molecule has 0 unspecified atom stereocenters. The number of rotatable bonds is 3. The molecule has 1 aromatic heterocycles. The van der Waals surface area contributed by atoms with Crippen molar-refractivity contribution < 1.29 is 13.2 Å². The molecule has 1 N–H and O–H groups in total. The lowest BCUT2D eigenvalue weighted by Gasteiger charge is -2.31. The molecule has 0 radical (unpaired) electrons. The number of hydrogen-bond donors (Lipinski definition) is 1. The number of fused-ring (bicyclic) bond motifs is 1. The fourth-order valence-electron chi connectivity index (χ4n) is 3.33. The molecule has 1 amide bonds. The molecule has 4 rings (SSSR count). The van der Waals surface area contributed by atoms with Crippen molar-refractivity contribution in [2.75, 3.05) is 13.1 Å². The van der Waals surface area contributed by atoms with Gasteiger partial charge in [0.05, 0.1) is 10.1 Å². The molecule has 0 aliphatic carbocycles. The van der Waals surface area contributed by atoms with Crippen LogP contribution >= 0.6 is 0 Å². The van der Waals surface area contributed by atoms with Gasteiger partial charge >= 0.3 is 0 Å². The van der Waals surface area contributed by atoms with Crippen molar-refractivity contribution in [1.29, 1.82) is 0 Å². The highest BCUT2D eigenvalue weighted by atomic mass is 32.2. The molecule has 0 bridgehead atoms. The Labute approximate surface area is 150 Å². The maximum atomic E-state index is 12.7. The zero-order valence-corrected chi connectivity index (χ0v) is 14.8. The minimum Gasteiger partial charge on any atom is -0.339 e. The number of sulfone groups is 1. The predicted molar refractivity (Wildman–Crippen MR) is 96.4 cm³/mol. The zero-order chi connectivity index (χ0) is 18.1. The van der Waals surface area contributed by atoms with Crippen LogP contribution in [-0.2, 0) is 9.84 Å². The Morgan fingerprint density at radius 2 is 1.69 bits per heavy atom. The first kappa shape index (κ1) is 16.7. The van der Waals surface area contributed by atoms with Gasteiger partial charge in [0, 0.05) is 18.7 Å². The second-order valence-electron chi connectivity index (χ2n) is 6.38. The number of hydrogen-bond acceptors (Lipinski definition) is 5. The van der Waals surface area contributed by atoms with Crippen LogP contribution in [0, 0.1) is 0 Å². The molecule has 134 valence electrons. The van der Waals surface area contributed by atoms with E-state index in [1.165, 1.54) is 0 Å². The normalized spacial score (nSPS) is 16.1. The first-order chi connectivity index (χ1) is 12.6. The molecule has 2 aromatic carbocycles. The van der Waals surface area contributed by atoms with Gasteiger partial charge in [-0.15, -0.1) is 0 Å². The van der Waals surface area contributed by atoms with Crippen molar-refractivity contribution in [2.45, 2.75) is 23.0 Å². The first-order valence-corrected chi connectivity index (χ1v) is 9.99. The largest absolute Gasteiger partial charge is 0.339 e. The van der Waals surface area contributed by atoms with Gasteiger partial charge in [0.25, 0.3) is 5.91 Å². The number of benzene rings is 2. The summed E-state index contributed by atoms with van der Waals surface area (Å²) >= 11 is 0. The molecule has 0 saturated carbocycles. The minimum absolute atomic E-state index is 0.106. The smallest absolute Gasteiger partial charge is 0.253 e. The van der Waals surface area contributed by atoms with Crippen molar-refractivity contribution in [3.05, 3.63) is 54.1 Å². The van der Waals surface area contributed by atoms with E-state index >= 15 is 0 Å². The van der Waals surface area contributed by atoms with Crippen LogP contribution in [0.25, 0.3) is 11.0 Å². The standard InChI is InChI=1S/C18H18N4O3S/c23-18(13-6-7-16-17(12-13)20-21-19-16)22-10-8-15(9-11-22)26(24,25)14-4-2-1-3-5-14/h1-7,12,15H,8-11H2,(H,19,20,21). The van der Waals surface area contributed by atoms with Gasteiger partial charge in [-0.3, -0.25) is 4.79 Å². The first-order valence-electron chi connectivity index (χ1n) is 8.44. The van der Waals surface area contributed by atoms with Gasteiger partial charge in [-0.1, -0.05) is 18.2 Å². The molecule has 1 aliphatic heterocycles. The maximum Gasteiger partial charge on any atom is 0.253 e. The number of likely N-dealkylation sites (tertiary alicyclic amines) is 1. The molecular weight excluding hydrogens is 352 g/mol. The highest BCUT2D eigenvalue weighted by molar-refractivity contribution is 7.92. The van der Waals surface area contributed by atoms with Crippen LogP contribution in [0.2, 0.25) is 0 Å². The zero-order valence-electron chi connectivity index (χ0n) is 14.0. The molecular formula is C18H18N4O3S. The molecule has 1 fully saturated rings. The van der Waals surface area contributed by atoms with E-state index in [2.05, 4.69) is 15.4 Å². The van der Waals surface area contributed by atoms with E-state index in [9.17, 15) is 13.2 Å². The van der Waals surface area contributed by atoms with E-state index in [0.29, 0.717) is 47.4 Å². The van der Waals surface area contributed by atoms with Crippen molar-refractivity contribution in [3.63, 3.8) is 0 Å². The fraction of sp³-hybridized carbons (Fsp3) is 0.278. The van der Waals surface area contributed by atoms with Crippen molar-refractivity contribution in [3.8, 4) is 0 Å². The summed E-state index contributed by atoms with van der Waals surface area (Å²) in [5, 5.41) is 10.0. The summed E-state index contributed by atoms with van der Waals surface area (Å²) in [5.41, 5.74) is 1.88. The number of nitrogens with zero attached hydrogens (tertiary/aromatic N) is 3. The van der Waals surface area contributed by atoms with E-state index in [1.54, 1.807) is 53.4 Å². The number of piperidine rings is 1. The van der Waals surface area contributed by atoms with Crippen LogP contribution in [0.15, 0.2) is 53.4 Å². The summed E-state index contributed by atoms with van der Waals surface area (Å²) in [6, 6.07) is 13.7. The maximum absolute atomic E-state index is 12.7. The number of amides is 1. The van der Waals surface area contributed by atoms with E-state index in [-0.39, 0.29) is 5.91 Å². The summed E-state index contributed by atoms with van der Waals surface area (Å²) in [7, 11) is -3.36. The van der Waals surface area contributed by atoms with E-state index in [0.717, 1.165) is 0 Å². The second kappa shape index (κ2) is 6.53. The van der Waals surface area contributed by atoms with Crippen LogP contribution in [0.3, 0.4) is 0 Å². The molecule has 2 heterocycles. The van der Waals surface area contributed by atoms with Gasteiger partial charge in [-0.25, -0.2) is 8.42 Å². The topological polar surface area (TPSA) is 96.0 Å². The highest BCUT2D eigenvalue weighted by Crippen LogP contribution is 2.25. The molecule has 1 aliphatic rings. The molecule has 1 saturated heterocycles. The Hall–Kier alpha value is -2.74. The number of carbonyl (C=O) groups excluding carboxylic acids is 1. The van der Waals surface area contributed by atoms with E-state index in [1.807, 2.05) is 0 Å². The molecule has 7 nitrogen and oxygen atoms in total. The Balaban J connectivity index is 1.47. The Morgan fingerprint density at radius 1 is 1.00 bits per heavy atom. The summed E-state index contributed by atoms with van der Waals surface area (Å²) in [5.74, 6) is -0.106. The lowest BCUT2D eigenvalue weighted by molar-refractivity contribution is 0.0726. The van der Waals surface area contributed by atoms with E-state index < -0.39 is 15.1 Å². The van der Waals surface area contributed by atoms with Crippen molar-refractivity contribution >= 4 is 26.8 Å². The van der Waals surface area contributed by atoms with Crippen molar-refractivity contribution in [2.24, 2.45) is 0 Å². The highest BCUT2D eigenvalue weighted by Gasteiger charge is 2.32. The van der Waals surface area contributed by atoms with Gasteiger partial charge in [0.15, 0.2) is 9.84 Å². The number of carbonyl (C=O) groups is 1. The third kappa shape index (κ3) is 2.96. The van der Waals surface area contributed by atoms with Crippen LogP contribution in [-0.4, -0.2) is 53.0 Å². The lowest BCUT2D eigenvalue weighted by atomic mass is 10.1. The third-order valence-corrected chi connectivity index (χ3v) is 7.08. The molecule has 0 spiro atoms. The monoisotopic (exact) mass is 370 g/mol. The quantitative estimate of drug-likeness (QED) is 0.761. The van der Waals surface area contributed by atoms with Gasteiger partial charge in [-0.05, 0) is 43.2 Å². The number of nitrogens with one attached hydrogen (secondary N) is 1. The van der Waals surface area contributed by atoms with Crippen LogP contribution in [0.5, 0.6) is 0 Å². The van der Waals surface area contributed by atoms with Gasteiger partial charge in [0.1, 0.15) is 11.0 Å². The number of H-pyrrole nitrogens is 1. The summed E-state index contributed by atoms with van der Waals surface area (Å²) in [6.45, 7) is 0.846. The Morgan fingerprint density at radius 3 is 2.42 bits per heavy atom. The number of aromatic nitrogens is 3. The molecule has 3 aromatic rings. The third-order valence-electron chi connectivity index (χ3n) is 4.80. The average Bonchev–Trinajstić information content (AvgIpc) is 3.16. The van der Waals surface area contributed by atoms with Crippen LogP contribution < -0.4 is 0 Å². The predicted octanol–water partition coefficient (Wildman–Crippen LogP) is 2.04. The Kier molecular flexibility index (Phi) is 4.20. The second-order valence-corrected chi connectivity index (χ2v) is 8.60. The fourth-order valence-corrected chi connectivity index (χ4v) is 5.08. The lowest BCUT2D eigenvalue weighted by Crippen LogP contribution is -2.42. The van der Waals surface area contributed by atoms with Crippen LogP contribution in [0.1, 0.15) is 23.2 Å². The summed E-state index contributed by atoms with van der Waals surface area (Å²) in [6.07, 6.45) is 0.879. The number of aromatic amines is 1. The summed E-state index contributed by atoms with van der Waals surface area (Å²) < 4.78 is 25.5. The van der Waals surface area contributed by atoms with Crippen LogP contribution in [0.4, 0.5) is 0 Å². The van der Waals surface area contributed by atoms with Crippen molar-refractivity contribution in [1.82, 2.24) is 20.3 Å². The van der Waals surface area contributed by atoms with Gasteiger partial charge in [0.2, 0.25) is 0 Å². The molecule has 0 atom stereocenters. The minimum atomic E-state index is -3.36. The molecule has 26 heavy (non-hydrogen) atoms. The average molecular weight is 370 g/mol. The van der Waals surface area contributed by atoms with E-state index in [4.69, 9.17) is 0 Å². The van der Waals surface area contributed by atoms with Gasteiger partial charge in [-0.2, -0.15) is 15.4 Å². The molecule has 8 heteroatoms.